The molecule has 0 aliphatic carbocycles. The number of aromatic nitrogens is 1. The number of thiazole rings is 1. The number of aliphatic imine (C=N–C) groups is 1. The lowest BCUT2D eigenvalue weighted by atomic mass is 10.1. The summed E-state index contributed by atoms with van der Waals surface area (Å²) in [6.07, 6.45) is -2.72. The van der Waals surface area contributed by atoms with Crippen LogP contribution in [-0.4, -0.2) is 23.6 Å². The third kappa shape index (κ3) is 6.70. The number of nitrogens with one attached hydrogen (secondary N) is 2. The first kappa shape index (κ1) is 22.0. The van der Waals surface area contributed by atoms with Gasteiger partial charge in [0.2, 0.25) is 0 Å². The number of halogens is 3. The zero-order chi connectivity index (χ0) is 20.9. The van der Waals surface area contributed by atoms with Crippen molar-refractivity contribution in [1.29, 1.82) is 0 Å². The van der Waals surface area contributed by atoms with Crippen molar-refractivity contribution in [3.63, 3.8) is 0 Å². The van der Waals surface area contributed by atoms with Crippen molar-refractivity contribution >= 4 is 17.3 Å². The van der Waals surface area contributed by atoms with Crippen LogP contribution in [0.25, 0.3) is 0 Å². The maximum atomic E-state index is 13.5. The van der Waals surface area contributed by atoms with Gasteiger partial charge in [-0.1, -0.05) is 6.07 Å². The van der Waals surface area contributed by atoms with E-state index in [0.29, 0.717) is 12.5 Å². The molecule has 0 aliphatic heterocycles. The Morgan fingerprint density at radius 1 is 1.18 bits per heavy atom. The normalized spacial score (nSPS) is 12.8. The topological polar surface area (TPSA) is 58.5 Å². The number of hydrogen-bond acceptors (Lipinski definition) is 4. The molecule has 0 radical (unpaired) electrons. The molecule has 2 N–H and O–H groups in total. The van der Waals surface area contributed by atoms with E-state index >= 15 is 0 Å². The first-order valence-electron chi connectivity index (χ1n) is 8.73. The van der Waals surface area contributed by atoms with Crippen LogP contribution in [0.15, 0.2) is 29.4 Å². The van der Waals surface area contributed by atoms with Crippen LogP contribution in [0.4, 0.5) is 13.2 Å². The van der Waals surface area contributed by atoms with Crippen molar-refractivity contribution in [2.75, 3.05) is 7.05 Å². The molecular formula is C19H25F3N4OS. The van der Waals surface area contributed by atoms with E-state index in [2.05, 4.69) is 20.6 Å². The molecule has 0 unspecified atom stereocenters. The standard InChI is InChI=1S/C19H25F3N4OS/c1-12-24-10-15(28-12)11-26-17(23-5)25-9-13-6-7-14(27-18(2,3)4)8-16(13)19(20,21)22/h6-8,10H,9,11H2,1-5H3,(H2,23,25,26). The van der Waals surface area contributed by atoms with E-state index in [0.717, 1.165) is 16.0 Å². The van der Waals surface area contributed by atoms with Crippen LogP contribution in [0, 0.1) is 6.92 Å². The van der Waals surface area contributed by atoms with Crippen LogP contribution in [0.2, 0.25) is 0 Å². The Bertz CT molecular complexity index is 825. The van der Waals surface area contributed by atoms with E-state index in [1.165, 1.54) is 6.07 Å². The number of guanidine groups is 1. The molecule has 1 aromatic carbocycles. The van der Waals surface area contributed by atoms with Gasteiger partial charge in [-0.2, -0.15) is 13.2 Å². The third-order valence-electron chi connectivity index (χ3n) is 3.58. The van der Waals surface area contributed by atoms with Crippen LogP contribution >= 0.6 is 11.3 Å². The van der Waals surface area contributed by atoms with E-state index in [9.17, 15) is 13.2 Å². The van der Waals surface area contributed by atoms with E-state index < -0.39 is 17.3 Å². The Morgan fingerprint density at radius 2 is 1.86 bits per heavy atom. The van der Waals surface area contributed by atoms with Crippen molar-refractivity contribution in [3.8, 4) is 5.75 Å². The molecule has 0 saturated heterocycles. The van der Waals surface area contributed by atoms with E-state index in [1.807, 2.05) is 6.92 Å². The number of rotatable bonds is 5. The number of hydrogen-bond donors (Lipinski definition) is 2. The lowest BCUT2D eigenvalue weighted by Gasteiger charge is -2.23. The second-order valence-electron chi connectivity index (χ2n) is 7.16. The van der Waals surface area contributed by atoms with Gasteiger partial charge in [0.1, 0.15) is 11.4 Å². The number of alkyl halides is 3. The van der Waals surface area contributed by atoms with Crippen molar-refractivity contribution in [1.82, 2.24) is 15.6 Å². The van der Waals surface area contributed by atoms with Gasteiger partial charge >= 0.3 is 6.18 Å². The highest BCUT2D eigenvalue weighted by atomic mass is 32.1. The van der Waals surface area contributed by atoms with Gasteiger partial charge in [-0.3, -0.25) is 4.99 Å². The number of benzene rings is 1. The van der Waals surface area contributed by atoms with Gasteiger partial charge in [0.15, 0.2) is 5.96 Å². The Balaban J connectivity index is 2.08. The first-order chi connectivity index (χ1) is 13.0. The highest BCUT2D eigenvalue weighted by Gasteiger charge is 2.34. The molecule has 0 saturated carbocycles. The van der Waals surface area contributed by atoms with Crippen LogP contribution in [0.3, 0.4) is 0 Å². The lowest BCUT2D eigenvalue weighted by molar-refractivity contribution is -0.138. The Labute approximate surface area is 167 Å². The van der Waals surface area contributed by atoms with Gasteiger partial charge in [-0.05, 0) is 45.4 Å². The summed E-state index contributed by atoms with van der Waals surface area (Å²) in [5.41, 5.74) is -1.19. The maximum Gasteiger partial charge on any atom is 0.416 e. The summed E-state index contributed by atoms with van der Waals surface area (Å²) in [6.45, 7) is 7.75. The molecule has 9 heteroatoms. The molecule has 2 aromatic rings. The fourth-order valence-electron chi connectivity index (χ4n) is 2.45. The molecule has 0 fully saturated rings. The van der Waals surface area contributed by atoms with Crippen molar-refractivity contribution in [2.24, 2.45) is 4.99 Å². The predicted octanol–water partition coefficient (Wildman–Crippen LogP) is 4.51. The second kappa shape index (κ2) is 8.81. The van der Waals surface area contributed by atoms with Gasteiger partial charge in [0, 0.05) is 24.7 Å². The zero-order valence-corrected chi connectivity index (χ0v) is 17.4. The number of nitrogens with zero attached hydrogens (tertiary/aromatic N) is 2. The number of ether oxygens (including phenoxy) is 1. The smallest absolute Gasteiger partial charge is 0.416 e. The summed E-state index contributed by atoms with van der Waals surface area (Å²) < 4.78 is 46.1. The minimum atomic E-state index is -4.48. The Hall–Kier alpha value is -2.29. The fraction of sp³-hybridized carbons (Fsp3) is 0.474. The fourth-order valence-corrected chi connectivity index (χ4v) is 3.18. The maximum absolute atomic E-state index is 13.5. The van der Waals surface area contributed by atoms with Crippen molar-refractivity contribution < 1.29 is 17.9 Å². The molecule has 1 aromatic heterocycles. The summed E-state index contributed by atoms with van der Waals surface area (Å²) >= 11 is 1.55. The molecule has 5 nitrogen and oxygen atoms in total. The summed E-state index contributed by atoms with van der Waals surface area (Å²) in [5.74, 6) is 0.598. The largest absolute Gasteiger partial charge is 0.488 e. The molecule has 2 rings (SSSR count). The molecular weight excluding hydrogens is 389 g/mol. The summed E-state index contributed by atoms with van der Waals surface area (Å²) in [7, 11) is 1.57. The van der Waals surface area contributed by atoms with Crippen LogP contribution in [0.5, 0.6) is 5.75 Å². The molecule has 28 heavy (non-hydrogen) atoms. The lowest BCUT2D eigenvalue weighted by Crippen LogP contribution is -2.36. The molecule has 0 amide bonds. The van der Waals surface area contributed by atoms with Gasteiger partial charge in [-0.25, -0.2) is 4.98 Å². The Morgan fingerprint density at radius 3 is 2.39 bits per heavy atom. The van der Waals surface area contributed by atoms with Crippen LogP contribution < -0.4 is 15.4 Å². The summed E-state index contributed by atoms with van der Waals surface area (Å²) in [6, 6.07) is 4.02. The molecule has 0 spiro atoms. The van der Waals surface area contributed by atoms with Gasteiger partial charge in [0.05, 0.1) is 17.1 Å². The monoisotopic (exact) mass is 414 g/mol. The van der Waals surface area contributed by atoms with Crippen LogP contribution in [0.1, 0.15) is 41.8 Å². The molecule has 0 aliphatic rings. The Kier molecular flexibility index (Phi) is 6.92. The molecule has 154 valence electrons. The second-order valence-corrected chi connectivity index (χ2v) is 8.48. The SMILES string of the molecule is CN=C(NCc1cnc(C)s1)NCc1ccc(OC(C)(C)C)cc1C(F)(F)F. The predicted molar refractivity (Wildman–Crippen MR) is 106 cm³/mol. The average molecular weight is 414 g/mol. The van der Waals surface area contributed by atoms with Crippen molar-refractivity contribution in [3.05, 3.63) is 45.4 Å². The van der Waals surface area contributed by atoms with Crippen LogP contribution in [-0.2, 0) is 19.3 Å². The van der Waals surface area contributed by atoms with Gasteiger partial charge in [0.25, 0.3) is 0 Å². The minimum absolute atomic E-state index is 0.0218. The number of aryl methyl sites for hydroxylation is 1. The van der Waals surface area contributed by atoms with Gasteiger partial charge in [-0.15, -0.1) is 11.3 Å². The summed E-state index contributed by atoms with van der Waals surface area (Å²) in [5, 5.41) is 6.95. The van der Waals surface area contributed by atoms with E-state index in [4.69, 9.17) is 4.74 Å². The zero-order valence-electron chi connectivity index (χ0n) is 16.6. The van der Waals surface area contributed by atoms with E-state index in [1.54, 1.807) is 51.4 Å². The third-order valence-corrected chi connectivity index (χ3v) is 4.49. The highest BCUT2D eigenvalue weighted by molar-refractivity contribution is 7.11. The average Bonchev–Trinajstić information content (AvgIpc) is 2.99. The molecule has 1 heterocycles. The molecule has 0 atom stereocenters. The first-order valence-corrected chi connectivity index (χ1v) is 9.54. The minimum Gasteiger partial charge on any atom is -0.488 e. The summed E-state index contributed by atoms with van der Waals surface area (Å²) in [4.78, 5) is 9.24. The van der Waals surface area contributed by atoms with E-state index in [-0.39, 0.29) is 17.9 Å². The van der Waals surface area contributed by atoms with Gasteiger partial charge < -0.3 is 15.4 Å². The van der Waals surface area contributed by atoms with Crippen molar-refractivity contribution in [2.45, 2.75) is 52.6 Å². The molecule has 0 bridgehead atoms. The quantitative estimate of drug-likeness (QED) is 0.558. The highest BCUT2D eigenvalue weighted by Crippen LogP contribution is 2.35.